The maximum Gasteiger partial charge on any atom is 0.0257 e. The fourth-order valence-electron chi connectivity index (χ4n) is 2.49. The molecule has 1 atom stereocenters. The standard InChI is InChI=1S/C16H33N3/c1-3-4-5-6-7-10-13-16(2)14-11-8-9-12-15-18-19-17/h16H,3-15H2,1-2H3. The van der Waals surface area contributed by atoms with Crippen molar-refractivity contribution in [2.45, 2.75) is 90.9 Å². The lowest BCUT2D eigenvalue weighted by Crippen LogP contribution is -1.95. The number of azide groups is 1. The highest BCUT2D eigenvalue weighted by Crippen LogP contribution is 2.17. The van der Waals surface area contributed by atoms with Gasteiger partial charge in [-0.05, 0) is 17.9 Å². The van der Waals surface area contributed by atoms with Crippen molar-refractivity contribution < 1.29 is 0 Å². The molecule has 0 bridgehead atoms. The van der Waals surface area contributed by atoms with Gasteiger partial charge >= 0.3 is 0 Å². The fourth-order valence-corrected chi connectivity index (χ4v) is 2.49. The van der Waals surface area contributed by atoms with Gasteiger partial charge in [0.05, 0.1) is 0 Å². The maximum absolute atomic E-state index is 8.15. The van der Waals surface area contributed by atoms with Gasteiger partial charge in [0.1, 0.15) is 0 Å². The molecule has 3 nitrogen and oxygen atoms in total. The van der Waals surface area contributed by atoms with Gasteiger partial charge in [0, 0.05) is 11.5 Å². The van der Waals surface area contributed by atoms with E-state index in [1.54, 1.807) is 0 Å². The molecule has 0 fully saturated rings. The number of hydrogen-bond acceptors (Lipinski definition) is 1. The van der Waals surface area contributed by atoms with E-state index >= 15 is 0 Å². The average molecular weight is 267 g/mol. The number of nitrogens with zero attached hydrogens (tertiary/aromatic N) is 3. The molecule has 0 N–H and O–H groups in total. The molecule has 0 spiro atoms. The van der Waals surface area contributed by atoms with Crippen LogP contribution in [0.5, 0.6) is 0 Å². The predicted octanol–water partition coefficient (Wildman–Crippen LogP) is 6.63. The Labute approximate surface area is 119 Å². The molecule has 0 rings (SSSR count). The summed E-state index contributed by atoms with van der Waals surface area (Å²) in [6, 6.07) is 0. The van der Waals surface area contributed by atoms with Gasteiger partial charge < -0.3 is 0 Å². The molecule has 0 saturated heterocycles. The molecule has 3 heteroatoms. The first-order valence-electron chi connectivity index (χ1n) is 8.32. The third-order valence-electron chi connectivity index (χ3n) is 3.82. The summed E-state index contributed by atoms with van der Waals surface area (Å²) in [7, 11) is 0. The van der Waals surface area contributed by atoms with Crippen molar-refractivity contribution in [3.05, 3.63) is 10.4 Å². The predicted molar refractivity (Wildman–Crippen MR) is 84.3 cm³/mol. The lowest BCUT2D eigenvalue weighted by molar-refractivity contribution is 0.433. The summed E-state index contributed by atoms with van der Waals surface area (Å²) < 4.78 is 0. The van der Waals surface area contributed by atoms with Crippen LogP contribution in [0.1, 0.15) is 90.9 Å². The summed E-state index contributed by atoms with van der Waals surface area (Å²) in [5.41, 5.74) is 8.15. The second kappa shape index (κ2) is 15.4. The Balaban J connectivity index is 3.16. The molecule has 0 aliphatic heterocycles. The van der Waals surface area contributed by atoms with Crippen molar-refractivity contribution in [3.63, 3.8) is 0 Å². The van der Waals surface area contributed by atoms with Crippen LogP contribution in [-0.2, 0) is 0 Å². The van der Waals surface area contributed by atoms with E-state index in [0.717, 1.165) is 12.3 Å². The SMILES string of the molecule is CCCCCCCCC(C)CCCCCCN=[N+]=[N-]. The van der Waals surface area contributed by atoms with Crippen molar-refractivity contribution in [1.82, 2.24) is 0 Å². The largest absolute Gasteiger partial charge is 0.0940 e. The van der Waals surface area contributed by atoms with E-state index in [0.29, 0.717) is 6.54 Å². The molecule has 0 aliphatic rings. The van der Waals surface area contributed by atoms with E-state index in [1.807, 2.05) is 0 Å². The monoisotopic (exact) mass is 267 g/mol. The molecule has 1 unspecified atom stereocenters. The first-order chi connectivity index (χ1) is 9.31. The Morgan fingerprint density at radius 3 is 1.95 bits per heavy atom. The Bertz CT molecular complexity index is 222. The molecule has 19 heavy (non-hydrogen) atoms. The molecular formula is C16H33N3. The summed E-state index contributed by atoms with van der Waals surface area (Å²) in [5, 5.41) is 3.56. The van der Waals surface area contributed by atoms with E-state index in [9.17, 15) is 0 Å². The van der Waals surface area contributed by atoms with Crippen LogP contribution in [0.3, 0.4) is 0 Å². The molecular weight excluding hydrogens is 234 g/mol. The maximum atomic E-state index is 8.15. The number of rotatable bonds is 14. The molecule has 0 radical (unpaired) electrons. The van der Waals surface area contributed by atoms with Crippen LogP contribution >= 0.6 is 0 Å². The minimum atomic E-state index is 0.670. The van der Waals surface area contributed by atoms with Crippen LogP contribution in [0.25, 0.3) is 10.4 Å². The quantitative estimate of drug-likeness (QED) is 0.147. The van der Waals surface area contributed by atoms with Crippen LogP contribution in [0.15, 0.2) is 5.11 Å². The minimum absolute atomic E-state index is 0.670. The third kappa shape index (κ3) is 15.3. The fraction of sp³-hybridized carbons (Fsp3) is 1.00. The molecule has 0 aliphatic carbocycles. The van der Waals surface area contributed by atoms with E-state index < -0.39 is 0 Å². The van der Waals surface area contributed by atoms with Crippen molar-refractivity contribution >= 4 is 0 Å². The smallest absolute Gasteiger partial charge is 0.0257 e. The number of unbranched alkanes of at least 4 members (excludes halogenated alkanes) is 8. The van der Waals surface area contributed by atoms with Gasteiger partial charge in [-0.3, -0.25) is 0 Å². The topological polar surface area (TPSA) is 48.8 Å². The van der Waals surface area contributed by atoms with Gasteiger partial charge in [0.2, 0.25) is 0 Å². The second-order valence-electron chi connectivity index (χ2n) is 5.82. The lowest BCUT2D eigenvalue weighted by Gasteiger charge is -2.10. The first-order valence-corrected chi connectivity index (χ1v) is 8.32. The zero-order valence-electron chi connectivity index (χ0n) is 13.1. The Kier molecular flexibility index (Phi) is 14.8. The summed E-state index contributed by atoms with van der Waals surface area (Å²) >= 11 is 0. The normalized spacial score (nSPS) is 12.1. The Hall–Kier alpha value is -0.690. The van der Waals surface area contributed by atoms with E-state index in [2.05, 4.69) is 23.9 Å². The lowest BCUT2D eigenvalue weighted by atomic mass is 9.96. The van der Waals surface area contributed by atoms with Crippen LogP contribution in [-0.4, -0.2) is 6.54 Å². The van der Waals surface area contributed by atoms with Gasteiger partial charge in [-0.1, -0.05) is 89.6 Å². The third-order valence-corrected chi connectivity index (χ3v) is 3.82. The molecule has 0 heterocycles. The highest BCUT2D eigenvalue weighted by Gasteiger charge is 2.01. The molecule has 0 aromatic rings. The first kappa shape index (κ1) is 18.3. The van der Waals surface area contributed by atoms with Gasteiger partial charge in [0.15, 0.2) is 0 Å². The number of hydrogen-bond donors (Lipinski definition) is 0. The van der Waals surface area contributed by atoms with Crippen molar-refractivity contribution in [2.75, 3.05) is 6.54 Å². The van der Waals surface area contributed by atoms with Gasteiger partial charge in [-0.2, -0.15) is 0 Å². The summed E-state index contributed by atoms with van der Waals surface area (Å²) in [6.07, 6.45) is 16.1. The highest BCUT2D eigenvalue weighted by molar-refractivity contribution is 4.56. The zero-order valence-corrected chi connectivity index (χ0v) is 13.1. The molecule has 0 aromatic carbocycles. The minimum Gasteiger partial charge on any atom is -0.0940 e. The van der Waals surface area contributed by atoms with E-state index in [4.69, 9.17) is 5.53 Å². The van der Waals surface area contributed by atoms with Gasteiger partial charge in [0.25, 0.3) is 0 Å². The van der Waals surface area contributed by atoms with Crippen molar-refractivity contribution in [3.8, 4) is 0 Å². The van der Waals surface area contributed by atoms with E-state index in [1.165, 1.54) is 70.6 Å². The van der Waals surface area contributed by atoms with Crippen molar-refractivity contribution in [1.29, 1.82) is 0 Å². The van der Waals surface area contributed by atoms with Crippen LogP contribution in [0.4, 0.5) is 0 Å². The van der Waals surface area contributed by atoms with Gasteiger partial charge in [-0.15, -0.1) is 0 Å². The van der Waals surface area contributed by atoms with Gasteiger partial charge in [-0.25, -0.2) is 0 Å². The summed E-state index contributed by atoms with van der Waals surface area (Å²) in [5.74, 6) is 0.892. The molecule has 0 amide bonds. The van der Waals surface area contributed by atoms with Crippen LogP contribution < -0.4 is 0 Å². The van der Waals surface area contributed by atoms with E-state index in [-0.39, 0.29) is 0 Å². The summed E-state index contributed by atoms with van der Waals surface area (Å²) in [4.78, 5) is 2.77. The van der Waals surface area contributed by atoms with Crippen LogP contribution in [0, 0.1) is 5.92 Å². The highest BCUT2D eigenvalue weighted by atomic mass is 15.1. The van der Waals surface area contributed by atoms with Crippen molar-refractivity contribution in [2.24, 2.45) is 11.0 Å². The summed E-state index contributed by atoms with van der Waals surface area (Å²) in [6.45, 7) is 5.34. The Morgan fingerprint density at radius 1 is 0.842 bits per heavy atom. The second-order valence-corrected chi connectivity index (χ2v) is 5.82. The molecule has 112 valence electrons. The zero-order chi connectivity index (χ0) is 14.2. The molecule has 0 saturated carbocycles. The molecule has 0 aromatic heterocycles. The Morgan fingerprint density at radius 2 is 1.37 bits per heavy atom. The van der Waals surface area contributed by atoms with Crippen LogP contribution in [0.2, 0.25) is 0 Å². The average Bonchev–Trinajstić information content (AvgIpc) is 2.41.